The zero-order valence-corrected chi connectivity index (χ0v) is 10.8. The van der Waals surface area contributed by atoms with Crippen molar-refractivity contribution < 1.29 is 9.53 Å². The zero-order valence-electron chi connectivity index (χ0n) is 10.8. The molecule has 0 aliphatic carbocycles. The molecule has 2 aromatic rings. The molecular formula is C15H14N2O2. The molecule has 3 rings (SSSR count). The lowest BCUT2D eigenvalue weighted by molar-refractivity contribution is -0.116. The van der Waals surface area contributed by atoms with Gasteiger partial charge in [0.25, 0.3) is 0 Å². The number of benzene rings is 1. The van der Waals surface area contributed by atoms with Crippen molar-refractivity contribution in [3.8, 4) is 16.9 Å². The van der Waals surface area contributed by atoms with Crippen LogP contribution in [0.25, 0.3) is 11.1 Å². The Morgan fingerprint density at radius 1 is 1.21 bits per heavy atom. The standard InChI is InChI=1S/C15H14N2O2/c1-9-13-6-10(3-4-14(13)17-15(9)18)11-5-12(19-2)8-16-7-11/h3-9H,1-2H3,(H,17,18). The number of carbonyl (C=O) groups excluding carboxylic acids is 1. The molecule has 4 nitrogen and oxygen atoms in total. The highest BCUT2D eigenvalue weighted by Gasteiger charge is 2.26. The van der Waals surface area contributed by atoms with Gasteiger partial charge in [0.1, 0.15) is 5.75 Å². The maximum absolute atomic E-state index is 11.6. The first-order valence-electron chi connectivity index (χ1n) is 6.13. The smallest absolute Gasteiger partial charge is 0.231 e. The maximum Gasteiger partial charge on any atom is 0.231 e. The van der Waals surface area contributed by atoms with Crippen molar-refractivity contribution in [2.24, 2.45) is 0 Å². The van der Waals surface area contributed by atoms with Crippen molar-refractivity contribution in [1.82, 2.24) is 4.98 Å². The third-order valence-corrected chi connectivity index (χ3v) is 3.45. The van der Waals surface area contributed by atoms with E-state index in [1.807, 2.05) is 31.2 Å². The summed E-state index contributed by atoms with van der Waals surface area (Å²) in [6.07, 6.45) is 3.46. The van der Waals surface area contributed by atoms with E-state index in [1.54, 1.807) is 19.5 Å². The molecule has 0 bridgehead atoms. The first-order chi connectivity index (χ1) is 9.19. The molecule has 0 spiro atoms. The molecule has 4 heteroatoms. The third-order valence-electron chi connectivity index (χ3n) is 3.45. The van der Waals surface area contributed by atoms with Crippen LogP contribution >= 0.6 is 0 Å². The van der Waals surface area contributed by atoms with Crippen molar-refractivity contribution in [1.29, 1.82) is 0 Å². The Balaban J connectivity index is 2.05. The normalized spacial score (nSPS) is 16.9. The molecule has 0 saturated carbocycles. The third kappa shape index (κ3) is 1.95. The van der Waals surface area contributed by atoms with E-state index in [-0.39, 0.29) is 11.8 Å². The Morgan fingerprint density at radius 2 is 2.05 bits per heavy atom. The van der Waals surface area contributed by atoms with Crippen LogP contribution in [0.3, 0.4) is 0 Å². The van der Waals surface area contributed by atoms with Crippen LogP contribution in [0.1, 0.15) is 18.4 Å². The van der Waals surface area contributed by atoms with E-state index in [0.29, 0.717) is 0 Å². The number of pyridine rings is 1. The number of carbonyl (C=O) groups is 1. The number of methoxy groups -OCH3 is 1. The molecule has 0 radical (unpaired) electrons. The van der Waals surface area contributed by atoms with Gasteiger partial charge < -0.3 is 10.1 Å². The van der Waals surface area contributed by atoms with E-state index >= 15 is 0 Å². The second-order valence-electron chi connectivity index (χ2n) is 4.63. The number of aromatic nitrogens is 1. The van der Waals surface area contributed by atoms with Crippen LogP contribution < -0.4 is 10.1 Å². The Kier molecular flexibility index (Phi) is 2.71. The van der Waals surface area contributed by atoms with Gasteiger partial charge in [-0.2, -0.15) is 0 Å². The molecule has 1 aliphatic rings. The predicted octanol–water partition coefficient (Wildman–Crippen LogP) is 2.81. The highest BCUT2D eigenvalue weighted by molar-refractivity contribution is 6.03. The fourth-order valence-electron chi connectivity index (χ4n) is 2.28. The molecule has 1 aliphatic heterocycles. The Morgan fingerprint density at radius 3 is 2.84 bits per heavy atom. The van der Waals surface area contributed by atoms with Gasteiger partial charge in [0, 0.05) is 17.4 Å². The van der Waals surface area contributed by atoms with E-state index in [9.17, 15) is 4.79 Å². The molecule has 1 aromatic carbocycles. The van der Waals surface area contributed by atoms with Gasteiger partial charge in [-0.25, -0.2) is 0 Å². The van der Waals surface area contributed by atoms with Gasteiger partial charge in [-0.3, -0.25) is 9.78 Å². The van der Waals surface area contributed by atoms with Crippen LogP contribution in [-0.2, 0) is 4.79 Å². The molecule has 0 saturated heterocycles. The summed E-state index contributed by atoms with van der Waals surface area (Å²) in [5.41, 5.74) is 3.95. The highest BCUT2D eigenvalue weighted by Crippen LogP contribution is 2.35. The molecule has 0 fully saturated rings. The summed E-state index contributed by atoms with van der Waals surface area (Å²) in [5.74, 6) is 0.671. The van der Waals surface area contributed by atoms with E-state index in [0.717, 1.165) is 28.1 Å². The topological polar surface area (TPSA) is 51.2 Å². The summed E-state index contributed by atoms with van der Waals surface area (Å²) in [4.78, 5) is 15.8. The fraction of sp³-hybridized carbons (Fsp3) is 0.200. The van der Waals surface area contributed by atoms with E-state index in [4.69, 9.17) is 4.74 Å². The minimum Gasteiger partial charge on any atom is -0.495 e. The molecule has 1 N–H and O–H groups in total. The quantitative estimate of drug-likeness (QED) is 0.896. The van der Waals surface area contributed by atoms with Crippen LogP contribution in [-0.4, -0.2) is 18.0 Å². The number of nitrogens with zero attached hydrogens (tertiary/aromatic N) is 1. The molecule has 1 amide bonds. The van der Waals surface area contributed by atoms with Gasteiger partial charge in [-0.05, 0) is 36.2 Å². The van der Waals surface area contributed by atoms with Crippen LogP contribution in [0.15, 0.2) is 36.7 Å². The molecule has 1 unspecified atom stereocenters. The van der Waals surface area contributed by atoms with Crippen LogP contribution in [0.4, 0.5) is 5.69 Å². The summed E-state index contributed by atoms with van der Waals surface area (Å²) in [6.45, 7) is 1.91. The summed E-state index contributed by atoms with van der Waals surface area (Å²) >= 11 is 0. The first kappa shape index (κ1) is 11.7. The summed E-state index contributed by atoms with van der Waals surface area (Å²) in [6, 6.07) is 7.89. The summed E-state index contributed by atoms with van der Waals surface area (Å²) in [7, 11) is 1.62. The van der Waals surface area contributed by atoms with Gasteiger partial charge in [-0.15, -0.1) is 0 Å². The molecule has 1 aromatic heterocycles. The zero-order chi connectivity index (χ0) is 13.4. The van der Waals surface area contributed by atoms with Crippen molar-refractivity contribution in [3.05, 3.63) is 42.2 Å². The Bertz CT molecular complexity index is 652. The number of hydrogen-bond donors (Lipinski definition) is 1. The lowest BCUT2D eigenvalue weighted by atomic mass is 9.98. The van der Waals surface area contributed by atoms with E-state index in [1.165, 1.54) is 0 Å². The SMILES string of the molecule is COc1cncc(-c2ccc3c(c2)C(C)C(=O)N3)c1. The fourth-order valence-corrected chi connectivity index (χ4v) is 2.28. The van der Waals surface area contributed by atoms with Gasteiger partial charge >= 0.3 is 0 Å². The molecule has 96 valence electrons. The second-order valence-corrected chi connectivity index (χ2v) is 4.63. The number of fused-ring (bicyclic) bond motifs is 1. The first-order valence-corrected chi connectivity index (χ1v) is 6.13. The molecule has 1 atom stereocenters. The molecule has 2 heterocycles. The number of anilines is 1. The van der Waals surface area contributed by atoms with Gasteiger partial charge in [0.05, 0.1) is 19.2 Å². The minimum atomic E-state index is -0.103. The Labute approximate surface area is 111 Å². The molecular weight excluding hydrogens is 240 g/mol. The maximum atomic E-state index is 11.6. The second kappa shape index (κ2) is 4.39. The monoisotopic (exact) mass is 254 g/mol. The summed E-state index contributed by atoms with van der Waals surface area (Å²) < 4.78 is 5.18. The number of amides is 1. The number of nitrogens with one attached hydrogen (secondary N) is 1. The van der Waals surface area contributed by atoms with Gasteiger partial charge in [-0.1, -0.05) is 6.07 Å². The van der Waals surface area contributed by atoms with Crippen molar-refractivity contribution >= 4 is 11.6 Å². The van der Waals surface area contributed by atoms with Crippen molar-refractivity contribution in [3.63, 3.8) is 0 Å². The van der Waals surface area contributed by atoms with Gasteiger partial charge in [0.2, 0.25) is 5.91 Å². The van der Waals surface area contributed by atoms with E-state index < -0.39 is 0 Å². The van der Waals surface area contributed by atoms with Crippen LogP contribution in [0.5, 0.6) is 5.75 Å². The predicted molar refractivity (Wildman–Crippen MR) is 73.3 cm³/mol. The van der Waals surface area contributed by atoms with Crippen molar-refractivity contribution in [2.75, 3.05) is 12.4 Å². The van der Waals surface area contributed by atoms with Crippen LogP contribution in [0, 0.1) is 0 Å². The highest BCUT2D eigenvalue weighted by atomic mass is 16.5. The minimum absolute atomic E-state index is 0.0518. The number of hydrogen-bond acceptors (Lipinski definition) is 3. The number of rotatable bonds is 2. The average Bonchev–Trinajstić information content (AvgIpc) is 2.74. The van der Waals surface area contributed by atoms with Crippen LogP contribution in [0.2, 0.25) is 0 Å². The van der Waals surface area contributed by atoms with Gasteiger partial charge in [0.15, 0.2) is 0 Å². The summed E-state index contributed by atoms with van der Waals surface area (Å²) in [5, 5.41) is 2.87. The molecule has 19 heavy (non-hydrogen) atoms. The van der Waals surface area contributed by atoms with E-state index in [2.05, 4.69) is 10.3 Å². The average molecular weight is 254 g/mol. The lowest BCUT2D eigenvalue weighted by Gasteiger charge is -2.07. The lowest BCUT2D eigenvalue weighted by Crippen LogP contribution is -2.08. The Hall–Kier alpha value is -2.36. The number of ether oxygens (including phenoxy) is 1. The largest absolute Gasteiger partial charge is 0.495 e. The van der Waals surface area contributed by atoms with Crippen molar-refractivity contribution in [2.45, 2.75) is 12.8 Å².